The van der Waals surface area contributed by atoms with E-state index in [9.17, 15) is 0 Å². The van der Waals surface area contributed by atoms with Crippen molar-refractivity contribution in [1.29, 1.82) is 0 Å². The number of H-pyrrole nitrogens is 3. The Kier molecular flexibility index (Phi) is 15.5. The number of fused-ring (bicyclic) bond motifs is 1. The van der Waals surface area contributed by atoms with Gasteiger partial charge < -0.3 is 19.9 Å². The molecule has 0 unspecified atom stereocenters. The van der Waals surface area contributed by atoms with Crippen LogP contribution in [-0.2, 0) is 7.05 Å². The summed E-state index contributed by atoms with van der Waals surface area (Å²) in [6.45, 7) is 5.59. The number of aryl methyl sites for hydroxylation is 4. The average molecular weight is 630 g/mol. The number of aromatic amines is 3. The van der Waals surface area contributed by atoms with E-state index in [0.717, 1.165) is 66.9 Å². The SMILES string of the molecule is CO.CO.CO.Cc1nc(-c2ccc3ccccc3n2)n[nH]1.Cc1nc(-c2ccccn2)n[nH]1.Cc1nc(-c2nccn2C)n[nH]1. The van der Waals surface area contributed by atoms with Gasteiger partial charge in [-0.1, -0.05) is 30.3 Å². The van der Waals surface area contributed by atoms with Crippen molar-refractivity contribution in [3.05, 3.63) is 90.7 Å². The fraction of sp³-hybridized carbons (Fsp3) is 0.233. The normalized spacial score (nSPS) is 9.52. The van der Waals surface area contributed by atoms with Crippen molar-refractivity contribution < 1.29 is 15.3 Å². The zero-order valence-electron chi connectivity index (χ0n) is 26.7. The summed E-state index contributed by atoms with van der Waals surface area (Å²) in [5.41, 5.74) is 2.55. The molecule has 0 aliphatic carbocycles. The molecule has 46 heavy (non-hydrogen) atoms. The van der Waals surface area contributed by atoms with E-state index in [4.69, 9.17) is 15.3 Å². The Hall–Kier alpha value is -5.71. The van der Waals surface area contributed by atoms with Crippen LogP contribution in [0.25, 0.3) is 45.6 Å². The highest BCUT2D eigenvalue weighted by Crippen LogP contribution is 2.17. The summed E-state index contributed by atoms with van der Waals surface area (Å²) < 4.78 is 1.88. The number of hydrogen-bond acceptors (Lipinski definition) is 12. The van der Waals surface area contributed by atoms with Crippen LogP contribution in [0, 0.1) is 20.8 Å². The van der Waals surface area contributed by atoms with Gasteiger partial charge >= 0.3 is 0 Å². The third-order valence-electron chi connectivity index (χ3n) is 5.53. The van der Waals surface area contributed by atoms with Crippen LogP contribution in [0.5, 0.6) is 0 Å². The third kappa shape index (κ3) is 10.5. The summed E-state index contributed by atoms with van der Waals surface area (Å²) in [4.78, 5) is 25.3. The van der Waals surface area contributed by atoms with Crippen LogP contribution in [0.2, 0.25) is 0 Å². The highest BCUT2D eigenvalue weighted by atomic mass is 16.2. The lowest BCUT2D eigenvalue weighted by Crippen LogP contribution is -1.92. The fourth-order valence-electron chi connectivity index (χ4n) is 3.62. The van der Waals surface area contributed by atoms with Crippen LogP contribution < -0.4 is 0 Å². The van der Waals surface area contributed by atoms with Gasteiger partial charge in [0.25, 0.3) is 0 Å². The van der Waals surface area contributed by atoms with Gasteiger partial charge in [0.2, 0.25) is 5.82 Å². The predicted molar refractivity (Wildman–Crippen MR) is 174 cm³/mol. The predicted octanol–water partition coefficient (Wildman–Crippen LogP) is 2.84. The zero-order valence-corrected chi connectivity index (χ0v) is 26.7. The molecule has 0 radical (unpaired) electrons. The Morgan fingerprint density at radius 1 is 0.543 bits per heavy atom. The fourth-order valence-corrected chi connectivity index (χ4v) is 3.62. The minimum absolute atomic E-state index is 0.639. The Morgan fingerprint density at radius 3 is 1.59 bits per heavy atom. The quantitative estimate of drug-likeness (QED) is 0.166. The van der Waals surface area contributed by atoms with Gasteiger partial charge in [0.05, 0.1) is 5.52 Å². The summed E-state index contributed by atoms with van der Waals surface area (Å²) in [5.74, 6) is 5.10. The number of para-hydroxylation sites is 1. The number of nitrogens with one attached hydrogen (secondary N) is 3. The van der Waals surface area contributed by atoms with E-state index >= 15 is 0 Å². The smallest absolute Gasteiger partial charge is 0.217 e. The Labute approximate surface area is 265 Å². The summed E-state index contributed by atoms with van der Waals surface area (Å²) in [5, 5.41) is 42.6. The minimum atomic E-state index is 0.639. The monoisotopic (exact) mass is 629 g/mol. The molecule has 0 fully saturated rings. The first kappa shape index (κ1) is 36.5. The van der Waals surface area contributed by atoms with Crippen LogP contribution in [0.1, 0.15) is 17.5 Å². The second-order valence-corrected chi connectivity index (χ2v) is 8.70. The minimum Gasteiger partial charge on any atom is -0.400 e. The molecule has 0 atom stereocenters. The van der Waals surface area contributed by atoms with Gasteiger partial charge in [-0.2, -0.15) is 15.3 Å². The van der Waals surface area contributed by atoms with Gasteiger partial charge in [-0.25, -0.2) is 24.9 Å². The molecule has 0 amide bonds. The van der Waals surface area contributed by atoms with Gasteiger partial charge in [0.1, 0.15) is 28.9 Å². The van der Waals surface area contributed by atoms with Gasteiger partial charge in [-0.3, -0.25) is 20.3 Å². The lowest BCUT2D eigenvalue weighted by molar-refractivity contribution is 0.399. The molecule has 1 aromatic carbocycles. The standard InChI is InChI=1S/C12H10N4.C8H8N4.C7H9N5.3CH4O/c1-8-13-12(16-15-8)11-7-6-9-4-2-3-5-10(9)14-11;1-6-10-8(12-11-6)7-4-2-3-5-9-7;1-5-9-6(11-10-5)7-8-3-4-12(7)2;3*1-2/h2-7H,1H3,(H,13,15,16);2-5H,1H3,(H,10,11,12);3-4H,1-2H3,(H,9,10,11);3*2H,1H3. The molecule has 6 aromatic heterocycles. The van der Waals surface area contributed by atoms with Crippen molar-refractivity contribution in [2.45, 2.75) is 20.8 Å². The van der Waals surface area contributed by atoms with Crippen molar-refractivity contribution in [2.24, 2.45) is 7.05 Å². The Morgan fingerprint density at radius 2 is 1.09 bits per heavy atom. The molecule has 242 valence electrons. The largest absolute Gasteiger partial charge is 0.400 e. The maximum absolute atomic E-state index is 7.00. The van der Waals surface area contributed by atoms with Crippen LogP contribution >= 0.6 is 0 Å². The molecular formula is C30H39N13O3. The van der Waals surface area contributed by atoms with Gasteiger partial charge in [0, 0.05) is 52.4 Å². The van der Waals surface area contributed by atoms with Crippen molar-refractivity contribution in [3.63, 3.8) is 0 Å². The van der Waals surface area contributed by atoms with E-state index < -0.39 is 0 Å². The molecular weight excluding hydrogens is 590 g/mol. The first-order valence-electron chi connectivity index (χ1n) is 13.7. The van der Waals surface area contributed by atoms with Crippen LogP contribution in [0.3, 0.4) is 0 Å². The number of pyridine rings is 2. The molecule has 7 aromatic rings. The van der Waals surface area contributed by atoms with Gasteiger partial charge in [-0.05, 0) is 45.0 Å². The lowest BCUT2D eigenvalue weighted by atomic mass is 10.2. The van der Waals surface area contributed by atoms with Crippen molar-refractivity contribution >= 4 is 10.9 Å². The van der Waals surface area contributed by atoms with Crippen molar-refractivity contribution in [3.8, 4) is 34.7 Å². The summed E-state index contributed by atoms with van der Waals surface area (Å²) in [6, 6.07) is 17.6. The Bertz CT molecular complexity index is 1830. The molecule has 0 saturated heterocycles. The van der Waals surface area contributed by atoms with Gasteiger partial charge in [-0.15, -0.1) is 0 Å². The third-order valence-corrected chi connectivity index (χ3v) is 5.53. The Balaban J connectivity index is 0.000000224. The molecule has 7 rings (SSSR count). The highest BCUT2D eigenvalue weighted by Gasteiger charge is 2.08. The molecule has 6 N–H and O–H groups in total. The second kappa shape index (κ2) is 19.5. The number of nitrogens with zero attached hydrogens (tertiary/aromatic N) is 10. The average Bonchev–Trinajstić information content (AvgIpc) is 3.94. The zero-order chi connectivity index (χ0) is 33.9. The number of rotatable bonds is 3. The van der Waals surface area contributed by atoms with Crippen molar-refractivity contribution in [1.82, 2.24) is 65.1 Å². The summed E-state index contributed by atoms with van der Waals surface area (Å²) in [7, 11) is 4.91. The van der Waals surface area contributed by atoms with E-state index in [2.05, 4.69) is 60.5 Å². The van der Waals surface area contributed by atoms with Crippen LogP contribution in [0.15, 0.2) is 73.2 Å². The molecule has 0 bridgehead atoms. The van der Waals surface area contributed by atoms with Gasteiger partial charge in [0.15, 0.2) is 17.5 Å². The molecule has 0 aliphatic heterocycles. The van der Waals surface area contributed by atoms with E-state index in [1.165, 1.54) is 0 Å². The molecule has 16 heteroatoms. The molecule has 6 heterocycles. The lowest BCUT2D eigenvalue weighted by Gasteiger charge is -1.98. The highest BCUT2D eigenvalue weighted by molar-refractivity contribution is 5.80. The maximum Gasteiger partial charge on any atom is 0.217 e. The number of hydrogen-bond donors (Lipinski definition) is 6. The van der Waals surface area contributed by atoms with E-state index in [-0.39, 0.29) is 0 Å². The van der Waals surface area contributed by atoms with Crippen LogP contribution in [0.4, 0.5) is 0 Å². The van der Waals surface area contributed by atoms with E-state index in [1.807, 2.05) is 93.2 Å². The van der Waals surface area contributed by atoms with E-state index in [1.54, 1.807) is 12.4 Å². The number of aromatic nitrogens is 13. The second-order valence-electron chi connectivity index (χ2n) is 8.70. The molecule has 0 saturated carbocycles. The molecule has 0 aliphatic rings. The number of aliphatic hydroxyl groups excluding tert-OH is 3. The topological polar surface area (TPSA) is 229 Å². The number of aliphatic hydroxyl groups is 3. The molecule has 0 spiro atoms. The number of imidazole rings is 1. The molecule has 16 nitrogen and oxygen atoms in total. The summed E-state index contributed by atoms with van der Waals surface area (Å²) in [6.07, 6.45) is 5.31. The van der Waals surface area contributed by atoms with Crippen molar-refractivity contribution in [2.75, 3.05) is 21.3 Å². The first-order valence-corrected chi connectivity index (χ1v) is 13.7. The first-order chi connectivity index (χ1) is 22.5. The van der Waals surface area contributed by atoms with Crippen LogP contribution in [-0.4, -0.2) is 102 Å². The summed E-state index contributed by atoms with van der Waals surface area (Å²) >= 11 is 0. The maximum atomic E-state index is 7.00. The van der Waals surface area contributed by atoms with E-state index in [0.29, 0.717) is 17.5 Å². The number of benzene rings is 1.